The maximum atomic E-state index is 12.9. The van der Waals surface area contributed by atoms with E-state index in [0.717, 1.165) is 39.0 Å². The summed E-state index contributed by atoms with van der Waals surface area (Å²) in [6.07, 6.45) is 2.05. The monoisotopic (exact) mass is 418 g/mol. The van der Waals surface area contributed by atoms with Gasteiger partial charge in [0.15, 0.2) is 11.5 Å². The van der Waals surface area contributed by atoms with Gasteiger partial charge in [-0.15, -0.1) is 12.4 Å². The molecule has 1 aromatic rings. The molecule has 5 nitrogen and oxygen atoms in total. The van der Waals surface area contributed by atoms with Crippen molar-refractivity contribution >= 4 is 29.9 Å². The van der Waals surface area contributed by atoms with Gasteiger partial charge in [-0.05, 0) is 49.9 Å². The van der Waals surface area contributed by atoms with Crippen LogP contribution in [0.2, 0.25) is 5.02 Å². The summed E-state index contributed by atoms with van der Waals surface area (Å²) in [4.78, 5) is 14.8. The number of nitrogens with zero attached hydrogens (tertiary/aromatic N) is 1. The fraction of sp³-hybridized carbons (Fsp3) is 0.650. The van der Waals surface area contributed by atoms with Crippen LogP contribution in [0.4, 0.5) is 0 Å². The van der Waals surface area contributed by atoms with Crippen LogP contribution in [0.15, 0.2) is 12.1 Å². The van der Waals surface area contributed by atoms with E-state index < -0.39 is 0 Å². The smallest absolute Gasteiger partial charge is 0.254 e. The summed E-state index contributed by atoms with van der Waals surface area (Å²) in [5.41, 5.74) is 0.550. The van der Waals surface area contributed by atoms with Gasteiger partial charge >= 0.3 is 0 Å². The second kappa shape index (κ2) is 11.6. The minimum Gasteiger partial charge on any atom is -0.493 e. The molecule has 1 saturated heterocycles. The summed E-state index contributed by atoms with van der Waals surface area (Å²) < 4.78 is 11.2. The zero-order valence-corrected chi connectivity index (χ0v) is 18.3. The van der Waals surface area contributed by atoms with Crippen LogP contribution in [0.3, 0.4) is 0 Å². The lowest BCUT2D eigenvalue weighted by Crippen LogP contribution is -2.40. The molecule has 7 heteroatoms. The van der Waals surface area contributed by atoms with Crippen LogP contribution in [-0.2, 0) is 0 Å². The molecule has 0 unspecified atom stereocenters. The predicted octanol–water partition coefficient (Wildman–Crippen LogP) is 4.27. The first-order valence-corrected chi connectivity index (χ1v) is 9.84. The number of ether oxygens (including phenoxy) is 2. The van der Waals surface area contributed by atoms with Gasteiger partial charge in [-0.2, -0.15) is 0 Å². The molecule has 27 heavy (non-hydrogen) atoms. The number of methoxy groups -OCH3 is 1. The highest BCUT2D eigenvalue weighted by molar-refractivity contribution is 6.32. The van der Waals surface area contributed by atoms with E-state index in [-0.39, 0.29) is 18.3 Å². The lowest BCUT2D eigenvalue weighted by Gasteiger charge is -2.32. The van der Waals surface area contributed by atoms with E-state index in [4.69, 9.17) is 21.1 Å². The Morgan fingerprint density at radius 2 is 2.00 bits per heavy atom. The van der Waals surface area contributed by atoms with Crippen molar-refractivity contribution < 1.29 is 14.3 Å². The number of benzene rings is 1. The molecule has 0 aliphatic carbocycles. The highest BCUT2D eigenvalue weighted by Gasteiger charge is 2.25. The van der Waals surface area contributed by atoms with Gasteiger partial charge in [-0.25, -0.2) is 0 Å². The molecule has 2 rings (SSSR count). The van der Waals surface area contributed by atoms with Gasteiger partial charge in [-0.3, -0.25) is 4.79 Å². The molecule has 1 aliphatic heterocycles. The number of hydrogen-bond donors (Lipinski definition) is 1. The fourth-order valence-corrected chi connectivity index (χ4v) is 3.37. The molecule has 0 aromatic heterocycles. The van der Waals surface area contributed by atoms with E-state index in [0.29, 0.717) is 40.5 Å². The Morgan fingerprint density at radius 3 is 2.56 bits per heavy atom. The minimum absolute atomic E-state index is 0. The zero-order valence-electron chi connectivity index (χ0n) is 16.7. The maximum Gasteiger partial charge on any atom is 0.254 e. The number of halogens is 2. The molecule has 154 valence electrons. The maximum absolute atomic E-state index is 12.9. The molecule has 1 heterocycles. The molecule has 0 atom stereocenters. The van der Waals surface area contributed by atoms with Gasteiger partial charge in [0.25, 0.3) is 5.91 Å². The van der Waals surface area contributed by atoms with Crippen LogP contribution in [-0.4, -0.2) is 50.7 Å². The van der Waals surface area contributed by atoms with Crippen molar-refractivity contribution in [1.29, 1.82) is 0 Å². The van der Waals surface area contributed by atoms with E-state index in [2.05, 4.69) is 26.1 Å². The molecule has 0 bridgehead atoms. The number of piperidine rings is 1. The summed E-state index contributed by atoms with van der Waals surface area (Å²) in [6.45, 7) is 10.4. The average molecular weight is 419 g/mol. The Hall–Kier alpha value is -1.17. The third-order valence-electron chi connectivity index (χ3n) is 4.62. The van der Waals surface area contributed by atoms with Crippen molar-refractivity contribution in [3.05, 3.63) is 22.7 Å². The third-order valence-corrected chi connectivity index (χ3v) is 4.90. The molecule has 1 fully saturated rings. The molecular formula is C20H32Cl2N2O3. The van der Waals surface area contributed by atoms with Crippen molar-refractivity contribution in [3.63, 3.8) is 0 Å². The average Bonchev–Trinajstić information content (AvgIpc) is 2.64. The van der Waals surface area contributed by atoms with E-state index in [1.807, 2.05) is 4.90 Å². The Balaban J connectivity index is 0.00000364. The van der Waals surface area contributed by atoms with Crippen LogP contribution in [0, 0.1) is 11.8 Å². The quantitative estimate of drug-likeness (QED) is 0.684. The van der Waals surface area contributed by atoms with Crippen molar-refractivity contribution in [2.24, 2.45) is 11.8 Å². The van der Waals surface area contributed by atoms with E-state index in [9.17, 15) is 4.79 Å². The first-order valence-electron chi connectivity index (χ1n) is 9.46. The normalized spacial score (nSPS) is 14.8. The minimum atomic E-state index is 0. The second-order valence-corrected chi connectivity index (χ2v) is 7.64. The lowest BCUT2D eigenvalue weighted by atomic mass is 9.96. The molecule has 1 amide bonds. The van der Waals surface area contributed by atoms with Crippen LogP contribution in [0.5, 0.6) is 11.5 Å². The molecule has 0 spiro atoms. The summed E-state index contributed by atoms with van der Waals surface area (Å²) in [5.74, 6) is 2.03. The first-order chi connectivity index (χ1) is 12.5. The number of nitrogens with one attached hydrogen (secondary N) is 1. The van der Waals surface area contributed by atoms with E-state index in [1.165, 1.54) is 0 Å². The van der Waals surface area contributed by atoms with Gasteiger partial charge in [0, 0.05) is 18.7 Å². The van der Waals surface area contributed by atoms with Crippen LogP contribution < -0.4 is 14.8 Å². The van der Waals surface area contributed by atoms with Crippen molar-refractivity contribution in [1.82, 2.24) is 10.2 Å². The SMILES string of the molecule is CCNCC1CCN(C(=O)c2cc(Cl)c(OCC(C)C)c(OC)c2)CC1.Cl. The molecule has 0 radical (unpaired) electrons. The Bertz CT molecular complexity index is 603. The Morgan fingerprint density at radius 1 is 1.33 bits per heavy atom. The summed E-state index contributed by atoms with van der Waals surface area (Å²) in [6, 6.07) is 3.42. The lowest BCUT2D eigenvalue weighted by molar-refractivity contribution is 0.0690. The van der Waals surface area contributed by atoms with Crippen molar-refractivity contribution in [2.45, 2.75) is 33.6 Å². The summed E-state index contributed by atoms with van der Waals surface area (Å²) >= 11 is 6.38. The standard InChI is InChI=1S/C20H31ClN2O3.ClH/c1-5-22-12-15-6-8-23(9-7-15)20(24)16-10-17(21)19(18(11-16)25-4)26-13-14(2)3;/h10-11,14-15,22H,5-9,12-13H2,1-4H3;1H. The van der Waals surface area contributed by atoms with Gasteiger partial charge in [0.2, 0.25) is 0 Å². The van der Waals surface area contributed by atoms with Crippen LogP contribution in [0.25, 0.3) is 0 Å². The fourth-order valence-electron chi connectivity index (χ4n) is 3.10. The number of amides is 1. The number of likely N-dealkylation sites (tertiary alicyclic amines) is 1. The number of carbonyl (C=O) groups excluding carboxylic acids is 1. The predicted molar refractivity (Wildman–Crippen MR) is 113 cm³/mol. The topological polar surface area (TPSA) is 50.8 Å². The highest BCUT2D eigenvalue weighted by atomic mass is 35.5. The van der Waals surface area contributed by atoms with E-state index >= 15 is 0 Å². The largest absolute Gasteiger partial charge is 0.493 e. The Labute approximate surface area is 174 Å². The van der Waals surface area contributed by atoms with Crippen molar-refractivity contribution in [2.75, 3.05) is 39.9 Å². The molecule has 0 saturated carbocycles. The highest BCUT2D eigenvalue weighted by Crippen LogP contribution is 2.37. The molecular weight excluding hydrogens is 387 g/mol. The van der Waals surface area contributed by atoms with Gasteiger partial charge < -0.3 is 19.7 Å². The first kappa shape index (κ1) is 23.9. The summed E-state index contributed by atoms with van der Waals surface area (Å²) in [7, 11) is 1.56. The molecule has 1 aromatic carbocycles. The summed E-state index contributed by atoms with van der Waals surface area (Å²) in [5, 5.41) is 3.80. The van der Waals surface area contributed by atoms with Crippen LogP contribution in [0.1, 0.15) is 44.0 Å². The number of hydrogen-bond acceptors (Lipinski definition) is 4. The third kappa shape index (κ3) is 6.74. The van der Waals surface area contributed by atoms with E-state index in [1.54, 1.807) is 19.2 Å². The number of carbonyl (C=O) groups is 1. The van der Waals surface area contributed by atoms with Gasteiger partial charge in [-0.1, -0.05) is 32.4 Å². The van der Waals surface area contributed by atoms with Crippen molar-refractivity contribution in [3.8, 4) is 11.5 Å². The van der Waals surface area contributed by atoms with Crippen LogP contribution >= 0.6 is 24.0 Å². The molecule has 1 aliphatic rings. The molecule has 1 N–H and O–H groups in total. The second-order valence-electron chi connectivity index (χ2n) is 7.24. The Kier molecular flexibility index (Phi) is 10.3. The van der Waals surface area contributed by atoms with Gasteiger partial charge in [0.05, 0.1) is 18.7 Å². The zero-order chi connectivity index (χ0) is 19.1. The number of rotatable bonds is 8. The van der Waals surface area contributed by atoms with Gasteiger partial charge in [0.1, 0.15) is 0 Å².